The second-order valence-electron chi connectivity index (χ2n) is 11.2. The van der Waals surface area contributed by atoms with E-state index in [0.717, 1.165) is 16.9 Å². The summed E-state index contributed by atoms with van der Waals surface area (Å²) in [6.45, 7) is 9.16. The molecule has 7 aromatic rings. The molecule has 40 heavy (non-hydrogen) atoms. The van der Waals surface area contributed by atoms with Gasteiger partial charge in [-0.05, 0) is 69.1 Å². The monoisotopic (exact) mass is 536 g/mol. The molecule has 0 aliphatic carbocycles. The average Bonchev–Trinajstić information content (AvgIpc) is 3.57. The van der Waals surface area contributed by atoms with Gasteiger partial charge in [0.15, 0.2) is 0 Å². The number of benzene rings is 5. The maximum absolute atomic E-state index is 5.30. The molecule has 0 saturated carbocycles. The summed E-state index contributed by atoms with van der Waals surface area (Å²) in [5, 5.41) is 6.09. The van der Waals surface area contributed by atoms with Crippen LogP contribution >= 0.6 is 11.3 Å². The van der Waals surface area contributed by atoms with Gasteiger partial charge in [0.25, 0.3) is 0 Å². The van der Waals surface area contributed by atoms with Crippen LogP contribution < -0.4 is 0 Å². The topological polar surface area (TPSA) is 17.8 Å². The van der Waals surface area contributed by atoms with Crippen LogP contribution in [-0.2, 0) is 0 Å². The molecule has 0 radical (unpaired) electrons. The first kappa shape index (κ1) is 24.8. The van der Waals surface area contributed by atoms with E-state index in [1.54, 1.807) is 11.3 Å². The van der Waals surface area contributed by atoms with Crippen molar-refractivity contribution in [1.82, 2.24) is 9.55 Å². The van der Waals surface area contributed by atoms with Gasteiger partial charge in [0.05, 0.1) is 16.7 Å². The van der Waals surface area contributed by atoms with Crippen LogP contribution in [0.2, 0.25) is 0 Å². The van der Waals surface area contributed by atoms with Crippen molar-refractivity contribution in [2.75, 3.05) is 0 Å². The SMILES string of the molecule is CC(C)c1cccc(C(C)C)c1-n1c(-c2csc3ccc(-c4cccc5ccccc45)cc23)nc2ccccc21. The number of hydrogen-bond donors (Lipinski definition) is 0. The summed E-state index contributed by atoms with van der Waals surface area (Å²) in [6.07, 6.45) is 0. The maximum atomic E-state index is 5.30. The fourth-order valence-electron chi connectivity index (χ4n) is 6.05. The van der Waals surface area contributed by atoms with Crippen molar-refractivity contribution >= 4 is 43.2 Å². The summed E-state index contributed by atoms with van der Waals surface area (Å²) in [7, 11) is 0. The van der Waals surface area contributed by atoms with Crippen molar-refractivity contribution in [3.8, 4) is 28.2 Å². The molecule has 2 nitrogen and oxygen atoms in total. The maximum Gasteiger partial charge on any atom is 0.147 e. The minimum Gasteiger partial charge on any atom is -0.292 e. The van der Waals surface area contributed by atoms with Crippen LogP contribution in [0.5, 0.6) is 0 Å². The van der Waals surface area contributed by atoms with E-state index in [-0.39, 0.29) is 0 Å². The van der Waals surface area contributed by atoms with Crippen molar-refractivity contribution in [3.63, 3.8) is 0 Å². The summed E-state index contributed by atoms with van der Waals surface area (Å²) in [5.74, 6) is 1.79. The predicted octanol–water partition coefficient (Wildman–Crippen LogP) is 11.0. The summed E-state index contributed by atoms with van der Waals surface area (Å²) in [5.41, 5.74) is 9.84. The number of imidazole rings is 1. The zero-order valence-corrected chi connectivity index (χ0v) is 24.2. The van der Waals surface area contributed by atoms with Gasteiger partial charge in [-0.1, -0.05) is 107 Å². The van der Waals surface area contributed by atoms with E-state index in [9.17, 15) is 0 Å². The highest BCUT2D eigenvalue weighted by molar-refractivity contribution is 7.17. The Labute approximate surface area is 239 Å². The van der Waals surface area contributed by atoms with Crippen molar-refractivity contribution < 1.29 is 0 Å². The van der Waals surface area contributed by atoms with E-state index >= 15 is 0 Å². The molecule has 0 amide bonds. The standard InChI is InChI=1S/C37H32N2S/c1-23(2)27-14-10-15-28(24(3)4)36(27)39-34-18-8-7-17-33(34)38-37(39)32-22-40-35-20-19-26(21-31(32)35)30-16-9-12-25-11-5-6-13-29(25)30/h5-24H,1-4H3. The van der Waals surface area contributed by atoms with Crippen LogP contribution in [0.4, 0.5) is 0 Å². The van der Waals surface area contributed by atoms with E-state index < -0.39 is 0 Å². The molecule has 3 heteroatoms. The molecule has 5 aromatic carbocycles. The first-order valence-electron chi connectivity index (χ1n) is 14.1. The molecule has 0 fully saturated rings. The molecule has 0 aliphatic rings. The number of thiophene rings is 1. The highest BCUT2D eigenvalue weighted by Crippen LogP contribution is 2.42. The summed E-state index contributed by atoms with van der Waals surface area (Å²) in [6, 6.07) is 37.5. The second kappa shape index (κ2) is 9.76. The molecule has 0 spiro atoms. The number of nitrogens with zero attached hydrogens (tertiary/aromatic N) is 2. The largest absolute Gasteiger partial charge is 0.292 e. The Balaban J connectivity index is 1.53. The van der Waals surface area contributed by atoms with Gasteiger partial charge in [0.2, 0.25) is 0 Å². The minimum absolute atomic E-state index is 0.389. The van der Waals surface area contributed by atoms with Gasteiger partial charge in [-0.25, -0.2) is 4.98 Å². The lowest BCUT2D eigenvalue weighted by molar-refractivity contribution is 0.811. The van der Waals surface area contributed by atoms with E-state index in [1.165, 1.54) is 54.4 Å². The molecule has 0 bridgehead atoms. The average molecular weight is 537 g/mol. The van der Waals surface area contributed by atoms with E-state index in [0.29, 0.717) is 11.8 Å². The Morgan fingerprint density at radius 2 is 1.35 bits per heavy atom. The third-order valence-corrected chi connectivity index (χ3v) is 9.01. The van der Waals surface area contributed by atoms with Gasteiger partial charge in [-0.3, -0.25) is 4.57 Å². The zero-order valence-electron chi connectivity index (χ0n) is 23.3. The smallest absolute Gasteiger partial charge is 0.147 e. The van der Waals surface area contributed by atoms with Crippen LogP contribution in [0.15, 0.2) is 109 Å². The highest BCUT2D eigenvalue weighted by atomic mass is 32.1. The third kappa shape index (κ3) is 3.96. The van der Waals surface area contributed by atoms with Crippen LogP contribution in [0.25, 0.3) is 60.1 Å². The molecular weight excluding hydrogens is 504 g/mol. The molecule has 2 aromatic heterocycles. The fraction of sp³-hybridized carbons (Fsp3) is 0.162. The third-order valence-electron chi connectivity index (χ3n) is 8.04. The van der Waals surface area contributed by atoms with Gasteiger partial charge < -0.3 is 0 Å². The molecule has 0 saturated heterocycles. The van der Waals surface area contributed by atoms with Crippen molar-refractivity contribution in [1.29, 1.82) is 0 Å². The molecule has 0 unspecified atom stereocenters. The van der Waals surface area contributed by atoms with Crippen LogP contribution in [0.1, 0.15) is 50.7 Å². The number of aromatic nitrogens is 2. The van der Waals surface area contributed by atoms with Crippen LogP contribution in [-0.4, -0.2) is 9.55 Å². The fourth-order valence-corrected chi connectivity index (χ4v) is 6.97. The summed E-state index contributed by atoms with van der Waals surface area (Å²) >= 11 is 1.80. The number of para-hydroxylation sites is 3. The normalized spacial score (nSPS) is 11.9. The highest BCUT2D eigenvalue weighted by Gasteiger charge is 2.23. The molecule has 196 valence electrons. The first-order valence-corrected chi connectivity index (χ1v) is 15.0. The molecule has 2 heterocycles. The first-order chi connectivity index (χ1) is 19.5. The quantitative estimate of drug-likeness (QED) is 0.214. The van der Waals surface area contributed by atoms with Crippen LogP contribution in [0, 0.1) is 0 Å². The number of fused-ring (bicyclic) bond motifs is 3. The zero-order chi connectivity index (χ0) is 27.4. The van der Waals surface area contributed by atoms with E-state index in [2.05, 4.69) is 141 Å². The lowest BCUT2D eigenvalue weighted by Gasteiger charge is -2.22. The van der Waals surface area contributed by atoms with Gasteiger partial charge in [0, 0.05) is 21.0 Å². The van der Waals surface area contributed by atoms with E-state index in [4.69, 9.17) is 4.98 Å². The molecular formula is C37H32N2S. The lowest BCUT2D eigenvalue weighted by atomic mass is 9.92. The van der Waals surface area contributed by atoms with Crippen molar-refractivity contribution in [2.24, 2.45) is 0 Å². The summed E-state index contributed by atoms with van der Waals surface area (Å²) in [4.78, 5) is 5.30. The molecule has 7 rings (SSSR count). The molecule has 0 aliphatic heterocycles. The minimum atomic E-state index is 0.389. The Kier molecular flexibility index (Phi) is 6.05. The summed E-state index contributed by atoms with van der Waals surface area (Å²) < 4.78 is 3.71. The van der Waals surface area contributed by atoms with Crippen LogP contribution in [0.3, 0.4) is 0 Å². The van der Waals surface area contributed by atoms with Crippen molar-refractivity contribution in [3.05, 3.63) is 120 Å². The Morgan fingerprint density at radius 1 is 0.650 bits per heavy atom. The lowest BCUT2D eigenvalue weighted by Crippen LogP contribution is -2.08. The molecule has 0 N–H and O–H groups in total. The Bertz CT molecular complexity index is 1990. The molecule has 0 atom stereocenters. The predicted molar refractivity (Wildman–Crippen MR) is 173 cm³/mol. The number of rotatable bonds is 5. The second-order valence-corrected chi connectivity index (χ2v) is 12.2. The van der Waals surface area contributed by atoms with Gasteiger partial charge in [-0.15, -0.1) is 11.3 Å². The van der Waals surface area contributed by atoms with Gasteiger partial charge >= 0.3 is 0 Å². The van der Waals surface area contributed by atoms with Gasteiger partial charge in [0.1, 0.15) is 5.82 Å². The van der Waals surface area contributed by atoms with Crippen molar-refractivity contribution in [2.45, 2.75) is 39.5 Å². The Morgan fingerprint density at radius 3 is 2.15 bits per heavy atom. The van der Waals surface area contributed by atoms with E-state index in [1.807, 2.05) is 0 Å². The number of hydrogen-bond acceptors (Lipinski definition) is 2. The van der Waals surface area contributed by atoms with Gasteiger partial charge in [-0.2, -0.15) is 0 Å². The Hall–Kier alpha value is -4.21.